The number of thioether (sulfide) groups is 1. The van der Waals surface area contributed by atoms with Gasteiger partial charge in [-0.2, -0.15) is 0 Å². The molecule has 1 heterocycles. The van der Waals surface area contributed by atoms with Gasteiger partial charge in [-0.25, -0.2) is 0 Å². The highest BCUT2D eigenvalue weighted by Crippen LogP contribution is 2.36. The minimum absolute atomic E-state index is 0.0883. The summed E-state index contributed by atoms with van der Waals surface area (Å²) in [6.45, 7) is 5.93. The second-order valence-electron chi connectivity index (χ2n) is 4.36. The smallest absolute Gasteiger partial charge is 0.0628 e. The zero-order valence-corrected chi connectivity index (χ0v) is 11.5. The first-order valence-electron chi connectivity index (χ1n) is 6.05. The van der Waals surface area contributed by atoms with E-state index in [1.165, 1.54) is 0 Å². The molecule has 0 amide bonds. The van der Waals surface area contributed by atoms with Crippen molar-refractivity contribution in [3.8, 4) is 0 Å². The highest BCUT2D eigenvalue weighted by Gasteiger charge is 2.23. The fraction of sp³-hybridized carbons (Fsp3) is 0.615. The van der Waals surface area contributed by atoms with Crippen LogP contribution in [0.5, 0.6) is 0 Å². The third-order valence-corrected chi connectivity index (χ3v) is 4.65. The molecular formula is C13H22N2OS. The van der Waals surface area contributed by atoms with Gasteiger partial charge in [0, 0.05) is 28.9 Å². The molecule has 96 valence electrons. The van der Waals surface area contributed by atoms with Crippen LogP contribution in [-0.4, -0.2) is 27.5 Å². The number of hydrogen-bond donors (Lipinski definition) is 2. The number of hydrogen-bond acceptors (Lipinski definition) is 4. The lowest BCUT2D eigenvalue weighted by atomic mass is 10.1. The van der Waals surface area contributed by atoms with Gasteiger partial charge in [0.05, 0.1) is 6.10 Å². The van der Waals surface area contributed by atoms with Crippen LogP contribution in [0.2, 0.25) is 0 Å². The van der Waals surface area contributed by atoms with Gasteiger partial charge in [0.2, 0.25) is 0 Å². The van der Waals surface area contributed by atoms with E-state index >= 15 is 0 Å². The van der Waals surface area contributed by atoms with E-state index in [2.05, 4.69) is 18.0 Å². The van der Waals surface area contributed by atoms with Crippen molar-refractivity contribution >= 4 is 11.8 Å². The van der Waals surface area contributed by atoms with Crippen LogP contribution in [0.3, 0.4) is 0 Å². The Balaban J connectivity index is 2.82. The summed E-state index contributed by atoms with van der Waals surface area (Å²) in [4.78, 5) is 4.14. The van der Waals surface area contributed by atoms with E-state index in [-0.39, 0.29) is 22.6 Å². The molecule has 0 saturated heterocycles. The molecule has 0 spiro atoms. The highest BCUT2D eigenvalue weighted by atomic mass is 32.2. The molecule has 0 aliphatic rings. The van der Waals surface area contributed by atoms with E-state index in [4.69, 9.17) is 5.73 Å². The van der Waals surface area contributed by atoms with Gasteiger partial charge in [0.25, 0.3) is 0 Å². The average Bonchev–Trinajstić information content (AvgIpc) is 2.35. The standard InChI is InChI=1S/C13H22N2OS/c1-4-12(14)13(17-10(3)9(2)16)11-6-5-7-15-8-11/h5-10,12-13,16H,4,14H2,1-3H3. The lowest BCUT2D eigenvalue weighted by Crippen LogP contribution is -2.29. The van der Waals surface area contributed by atoms with E-state index in [0.717, 1.165) is 12.0 Å². The van der Waals surface area contributed by atoms with E-state index in [9.17, 15) is 5.11 Å². The lowest BCUT2D eigenvalue weighted by molar-refractivity contribution is 0.196. The number of nitrogens with two attached hydrogens (primary N) is 1. The Morgan fingerprint density at radius 2 is 2.18 bits per heavy atom. The van der Waals surface area contributed by atoms with Crippen molar-refractivity contribution in [1.29, 1.82) is 0 Å². The van der Waals surface area contributed by atoms with Gasteiger partial charge in [-0.1, -0.05) is 19.9 Å². The van der Waals surface area contributed by atoms with Crippen LogP contribution in [-0.2, 0) is 0 Å². The Kier molecular flexibility index (Phi) is 5.95. The van der Waals surface area contributed by atoms with Crippen molar-refractivity contribution in [2.24, 2.45) is 5.73 Å². The minimum Gasteiger partial charge on any atom is -0.392 e. The minimum atomic E-state index is -0.330. The van der Waals surface area contributed by atoms with Crippen molar-refractivity contribution in [3.05, 3.63) is 30.1 Å². The number of aliphatic hydroxyl groups excluding tert-OH is 1. The monoisotopic (exact) mass is 254 g/mol. The predicted molar refractivity (Wildman–Crippen MR) is 74.0 cm³/mol. The quantitative estimate of drug-likeness (QED) is 0.818. The average molecular weight is 254 g/mol. The summed E-state index contributed by atoms with van der Waals surface area (Å²) in [5.74, 6) is 0. The molecule has 4 atom stereocenters. The van der Waals surface area contributed by atoms with Crippen LogP contribution in [0.15, 0.2) is 24.5 Å². The van der Waals surface area contributed by atoms with E-state index in [1.807, 2.05) is 26.1 Å². The second kappa shape index (κ2) is 6.99. The number of pyridine rings is 1. The second-order valence-corrected chi connectivity index (χ2v) is 5.88. The number of nitrogens with zero attached hydrogens (tertiary/aromatic N) is 1. The largest absolute Gasteiger partial charge is 0.392 e. The molecule has 17 heavy (non-hydrogen) atoms. The summed E-state index contributed by atoms with van der Waals surface area (Å²) < 4.78 is 0. The summed E-state index contributed by atoms with van der Waals surface area (Å²) in [7, 11) is 0. The van der Waals surface area contributed by atoms with Crippen molar-refractivity contribution in [2.75, 3.05) is 0 Å². The summed E-state index contributed by atoms with van der Waals surface area (Å²) in [6.07, 6.45) is 4.21. The summed E-state index contributed by atoms with van der Waals surface area (Å²) in [5, 5.41) is 9.95. The van der Waals surface area contributed by atoms with Gasteiger partial charge in [0.1, 0.15) is 0 Å². The molecule has 1 rings (SSSR count). The molecule has 1 aromatic rings. The Morgan fingerprint density at radius 1 is 1.47 bits per heavy atom. The van der Waals surface area contributed by atoms with E-state index in [0.29, 0.717) is 0 Å². The Morgan fingerprint density at radius 3 is 2.65 bits per heavy atom. The summed E-state index contributed by atoms with van der Waals surface area (Å²) in [6, 6.07) is 4.07. The van der Waals surface area contributed by atoms with Gasteiger partial charge in [-0.05, 0) is 25.0 Å². The molecule has 0 aliphatic heterocycles. The molecule has 1 aromatic heterocycles. The molecule has 0 radical (unpaired) electrons. The maximum Gasteiger partial charge on any atom is 0.0628 e. The molecule has 4 heteroatoms. The van der Waals surface area contributed by atoms with E-state index in [1.54, 1.807) is 18.0 Å². The van der Waals surface area contributed by atoms with Gasteiger partial charge in [-0.15, -0.1) is 11.8 Å². The number of rotatable bonds is 6. The fourth-order valence-corrected chi connectivity index (χ4v) is 2.91. The molecule has 3 N–H and O–H groups in total. The molecule has 3 nitrogen and oxygen atoms in total. The molecule has 0 aromatic carbocycles. The van der Waals surface area contributed by atoms with Crippen LogP contribution < -0.4 is 5.73 Å². The maximum atomic E-state index is 9.59. The van der Waals surface area contributed by atoms with Gasteiger partial charge >= 0.3 is 0 Å². The van der Waals surface area contributed by atoms with Crippen LogP contribution in [0.1, 0.15) is 38.0 Å². The Bertz CT molecular complexity index is 318. The third-order valence-electron chi connectivity index (χ3n) is 2.91. The molecule has 0 fully saturated rings. The van der Waals surface area contributed by atoms with E-state index < -0.39 is 0 Å². The summed E-state index contributed by atoms with van der Waals surface area (Å²) >= 11 is 1.72. The fourth-order valence-electron chi connectivity index (χ4n) is 1.53. The van der Waals surface area contributed by atoms with Crippen molar-refractivity contribution in [3.63, 3.8) is 0 Å². The Hall–Kier alpha value is -0.580. The number of aliphatic hydroxyl groups is 1. The Labute approximate surface area is 108 Å². The zero-order valence-electron chi connectivity index (χ0n) is 10.7. The topological polar surface area (TPSA) is 59.1 Å². The van der Waals surface area contributed by atoms with Crippen LogP contribution in [0, 0.1) is 0 Å². The first-order chi connectivity index (χ1) is 8.06. The molecule has 0 aliphatic carbocycles. The SMILES string of the molecule is CCC(N)C(SC(C)C(C)O)c1cccnc1. The zero-order chi connectivity index (χ0) is 12.8. The van der Waals surface area contributed by atoms with Crippen LogP contribution >= 0.6 is 11.8 Å². The van der Waals surface area contributed by atoms with Crippen LogP contribution in [0.4, 0.5) is 0 Å². The van der Waals surface area contributed by atoms with Gasteiger partial charge < -0.3 is 10.8 Å². The van der Waals surface area contributed by atoms with Crippen molar-refractivity contribution < 1.29 is 5.11 Å². The first-order valence-corrected chi connectivity index (χ1v) is 6.99. The molecule has 0 bridgehead atoms. The van der Waals surface area contributed by atoms with Gasteiger partial charge in [0.15, 0.2) is 0 Å². The highest BCUT2D eigenvalue weighted by molar-refractivity contribution is 8.00. The van der Waals surface area contributed by atoms with Gasteiger partial charge in [-0.3, -0.25) is 4.98 Å². The van der Waals surface area contributed by atoms with Crippen LogP contribution in [0.25, 0.3) is 0 Å². The normalized spacial score (nSPS) is 18.4. The lowest BCUT2D eigenvalue weighted by Gasteiger charge is -2.27. The molecule has 0 saturated carbocycles. The molecular weight excluding hydrogens is 232 g/mol. The predicted octanol–water partition coefficient (Wildman–Crippen LogP) is 2.36. The van der Waals surface area contributed by atoms with Crippen molar-refractivity contribution in [2.45, 2.75) is 49.8 Å². The third kappa shape index (κ3) is 4.30. The van der Waals surface area contributed by atoms with Crippen molar-refractivity contribution in [1.82, 2.24) is 4.98 Å². The first kappa shape index (κ1) is 14.5. The maximum absolute atomic E-state index is 9.59. The molecule has 4 unspecified atom stereocenters. The number of aromatic nitrogens is 1. The summed E-state index contributed by atoms with van der Waals surface area (Å²) in [5.41, 5.74) is 7.31.